The topological polar surface area (TPSA) is 43.8 Å². The van der Waals surface area contributed by atoms with Gasteiger partial charge in [-0.1, -0.05) is 224 Å². The summed E-state index contributed by atoms with van der Waals surface area (Å²) < 4.78 is 2.53. The van der Waals surface area contributed by atoms with E-state index in [2.05, 4.69) is 223 Å². The third-order valence-corrected chi connectivity index (χ3v) is 15.9. The molecule has 11 aromatic carbocycles. The van der Waals surface area contributed by atoms with Crippen LogP contribution in [0.1, 0.15) is 45.1 Å². The number of aromatic nitrogens is 1. The van der Waals surface area contributed by atoms with Crippen LogP contribution in [0.3, 0.4) is 0 Å². The number of rotatable bonds is 5. The molecule has 2 unspecified atom stereocenters. The van der Waals surface area contributed by atoms with Gasteiger partial charge in [-0.05, 0) is 130 Å². The molecule has 12 aromatic rings. The Kier molecular flexibility index (Phi) is 8.12. The van der Waals surface area contributed by atoms with Gasteiger partial charge >= 0.3 is 0 Å². The third kappa shape index (κ3) is 5.35. The molecule has 4 aliphatic rings. The highest BCUT2D eigenvalue weighted by Gasteiger charge is 2.52. The van der Waals surface area contributed by atoms with E-state index in [0.29, 0.717) is 11.7 Å². The number of nitrogens with zero attached hydrogens (tertiary/aromatic N) is 4. The number of aliphatic imine (C=N–C) groups is 2. The number of hydrogen-bond donors (Lipinski definition) is 0. The number of hydrogen-bond acceptors (Lipinski definition) is 2. The Balaban J connectivity index is 0.877. The molecule has 2 aliphatic carbocycles. The Morgan fingerprint density at radius 3 is 1.82 bits per heavy atom. The first kappa shape index (κ1) is 39.5. The van der Waals surface area contributed by atoms with Gasteiger partial charge in [0.25, 0.3) is 0 Å². The van der Waals surface area contributed by atoms with Gasteiger partial charge in [0.1, 0.15) is 0 Å². The van der Waals surface area contributed by atoms with Gasteiger partial charge in [0.2, 0.25) is 0 Å². The molecule has 0 saturated heterocycles. The molecular weight excluding hydrogens is 873 g/mol. The molecule has 0 saturated carbocycles. The number of benzene rings is 11. The molecule has 0 bridgehead atoms. The predicted molar refractivity (Wildman–Crippen MR) is 297 cm³/mol. The molecule has 16 rings (SSSR count). The van der Waals surface area contributed by atoms with E-state index in [4.69, 9.17) is 15.3 Å². The van der Waals surface area contributed by atoms with Gasteiger partial charge in [-0.3, -0.25) is 4.99 Å². The van der Waals surface area contributed by atoms with E-state index in [1.165, 1.54) is 99.5 Å². The van der Waals surface area contributed by atoms with Crippen molar-refractivity contribution < 1.29 is 0 Å². The van der Waals surface area contributed by atoms with Crippen LogP contribution >= 0.6 is 0 Å². The highest BCUT2D eigenvalue weighted by Crippen LogP contribution is 2.64. The fourth-order valence-corrected chi connectivity index (χ4v) is 12.9. The molecule has 0 radical (unpaired) electrons. The fourth-order valence-electron chi connectivity index (χ4n) is 12.9. The average molecular weight is 914 g/mol. The van der Waals surface area contributed by atoms with Crippen molar-refractivity contribution >= 4 is 44.2 Å². The van der Waals surface area contributed by atoms with Gasteiger partial charge < -0.3 is 14.9 Å². The first-order chi connectivity index (χ1) is 35.7. The van der Waals surface area contributed by atoms with Gasteiger partial charge in [0, 0.05) is 10.8 Å². The SMILES string of the molecule is c1ccc(-c2ccc(C3=NC(c4ccccc4)[N-]C(c4ccc(-c5ccc6c(c5)C5(c7ccccc7-n7c8ccccc8c8cccc5c87)c5cc7c8c(cccc8c5-6)-c5ccccc5-7)cc4)=N3)cc2)cc1. The van der Waals surface area contributed by atoms with Gasteiger partial charge in [0.15, 0.2) is 0 Å². The zero-order chi connectivity index (χ0) is 47.1. The van der Waals surface area contributed by atoms with Crippen LogP contribution in [-0.4, -0.2) is 16.2 Å². The van der Waals surface area contributed by atoms with Crippen LogP contribution in [0.15, 0.2) is 253 Å². The van der Waals surface area contributed by atoms with E-state index in [1.54, 1.807) is 0 Å². The second-order valence-electron chi connectivity index (χ2n) is 19.5. The summed E-state index contributed by atoms with van der Waals surface area (Å²) in [4.78, 5) is 10.3. The lowest BCUT2D eigenvalue weighted by Gasteiger charge is -2.40. The Labute approximate surface area is 416 Å². The maximum absolute atomic E-state index is 5.18. The van der Waals surface area contributed by atoms with E-state index < -0.39 is 11.6 Å². The Morgan fingerprint density at radius 2 is 0.986 bits per heavy atom. The zero-order valence-corrected chi connectivity index (χ0v) is 39.0. The lowest BCUT2D eigenvalue weighted by molar-refractivity contribution is 0.749. The summed E-state index contributed by atoms with van der Waals surface area (Å²) in [6.45, 7) is 0. The summed E-state index contributed by atoms with van der Waals surface area (Å²) in [6, 6.07) is 89.0. The molecule has 1 aromatic heterocycles. The second-order valence-corrected chi connectivity index (χ2v) is 19.5. The van der Waals surface area contributed by atoms with Crippen molar-refractivity contribution in [1.82, 2.24) is 4.57 Å². The first-order valence-corrected chi connectivity index (χ1v) is 24.9. The maximum atomic E-state index is 5.18. The van der Waals surface area contributed by atoms with Crippen molar-refractivity contribution in [2.75, 3.05) is 0 Å². The van der Waals surface area contributed by atoms with Gasteiger partial charge in [-0.25, -0.2) is 0 Å². The highest BCUT2D eigenvalue weighted by atomic mass is 15.2. The summed E-state index contributed by atoms with van der Waals surface area (Å²) in [7, 11) is 0. The molecule has 3 heterocycles. The molecule has 2 atom stereocenters. The minimum Gasteiger partial charge on any atom is -0.438 e. The lowest BCUT2D eigenvalue weighted by Crippen LogP contribution is -2.33. The molecule has 1 spiro atoms. The van der Waals surface area contributed by atoms with Crippen molar-refractivity contribution in [2.24, 2.45) is 9.98 Å². The van der Waals surface area contributed by atoms with Gasteiger partial charge in [-0.15, -0.1) is 0 Å². The molecule has 2 aliphatic heterocycles. The van der Waals surface area contributed by atoms with E-state index in [0.717, 1.165) is 33.4 Å². The number of para-hydroxylation sites is 3. The quantitative estimate of drug-likeness (QED) is 0.165. The van der Waals surface area contributed by atoms with E-state index >= 15 is 0 Å². The van der Waals surface area contributed by atoms with E-state index in [-0.39, 0.29) is 0 Å². The molecule has 0 N–H and O–H groups in total. The van der Waals surface area contributed by atoms with Crippen LogP contribution in [0.25, 0.3) is 99.2 Å². The summed E-state index contributed by atoms with van der Waals surface area (Å²) in [5.41, 5.74) is 23.8. The summed E-state index contributed by atoms with van der Waals surface area (Å²) in [6.07, 6.45) is -0.417. The largest absolute Gasteiger partial charge is 0.438 e. The summed E-state index contributed by atoms with van der Waals surface area (Å²) in [5.74, 6) is 1.34. The fraction of sp³-hybridized carbons (Fsp3) is 0.0294. The van der Waals surface area contributed by atoms with Crippen LogP contribution in [-0.2, 0) is 5.41 Å². The van der Waals surface area contributed by atoms with E-state index in [9.17, 15) is 0 Å². The molecule has 4 nitrogen and oxygen atoms in total. The van der Waals surface area contributed by atoms with Crippen molar-refractivity contribution in [3.05, 3.63) is 287 Å². The molecule has 0 fully saturated rings. The van der Waals surface area contributed by atoms with Gasteiger partial charge in [-0.2, -0.15) is 0 Å². The number of fused-ring (bicyclic) bond motifs is 16. The van der Waals surface area contributed by atoms with Crippen molar-refractivity contribution in [3.8, 4) is 61.3 Å². The number of amidine groups is 2. The second kappa shape index (κ2) is 14.8. The third-order valence-electron chi connectivity index (χ3n) is 15.9. The summed E-state index contributed by atoms with van der Waals surface area (Å²) in [5, 5.41) is 10.4. The van der Waals surface area contributed by atoms with Crippen LogP contribution in [0.2, 0.25) is 0 Å². The highest BCUT2D eigenvalue weighted by molar-refractivity contribution is 6.22. The minimum absolute atomic E-state index is 0.417. The van der Waals surface area contributed by atoms with E-state index in [1.807, 2.05) is 24.3 Å². The Morgan fingerprint density at radius 1 is 0.389 bits per heavy atom. The minimum atomic E-state index is -0.615. The Hall–Kier alpha value is -9.38. The molecule has 4 heteroatoms. The summed E-state index contributed by atoms with van der Waals surface area (Å²) >= 11 is 0. The van der Waals surface area contributed by atoms with Crippen LogP contribution in [0.4, 0.5) is 0 Å². The van der Waals surface area contributed by atoms with Crippen LogP contribution < -0.4 is 0 Å². The predicted octanol–water partition coefficient (Wildman–Crippen LogP) is 16.9. The smallest absolute Gasteiger partial charge is 0.0822 e. The molecule has 334 valence electrons. The zero-order valence-electron chi connectivity index (χ0n) is 39.0. The van der Waals surface area contributed by atoms with Crippen molar-refractivity contribution in [2.45, 2.75) is 11.6 Å². The molecule has 0 amide bonds. The first-order valence-electron chi connectivity index (χ1n) is 24.9. The average Bonchev–Trinajstić information content (AvgIpc) is 4.08. The van der Waals surface area contributed by atoms with Gasteiger partial charge in [0.05, 0.1) is 34.1 Å². The maximum Gasteiger partial charge on any atom is 0.0822 e. The molecule has 72 heavy (non-hydrogen) atoms. The normalized spacial score (nSPS) is 16.5. The van der Waals surface area contributed by atoms with Crippen molar-refractivity contribution in [1.29, 1.82) is 0 Å². The monoisotopic (exact) mass is 913 g/mol. The van der Waals surface area contributed by atoms with Crippen molar-refractivity contribution in [3.63, 3.8) is 0 Å². The molecular formula is C68H41N4-. The van der Waals surface area contributed by atoms with Crippen LogP contribution in [0, 0.1) is 0 Å². The Bertz CT molecular complexity index is 4330. The van der Waals surface area contributed by atoms with Crippen LogP contribution in [0.5, 0.6) is 0 Å². The standard InChI is InChI=1S/C68H41N4/c1-3-15-41(16-4-1)42-29-33-45(34-30-42)66-69-65(44-17-5-2-6-18-44)70-67(71-66)46-35-31-43(32-36-46)47-37-38-53-58(39-47)68(59-40-55-49-20-8-7-19-48(49)51-22-13-24-54(62(51)55)63(53)59)56-25-10-12-28-61(56)72-60-27-11-9-21-50(60)52-23-14-26-57(68)64(52)72/h1-40,65H/q-1. The lowest BCUT2D eigenvalue weighted by atomic mass is 9.65.